The molecule has 0 saturated heterocycles. The van der Waals surface area contributed by atoms with Gasteiger partial charge in [-0.05, 0) is 0 Å². The quantitative estimate of drug-likeness (QED) is 0.637. The number of aromatic carboxylic acids is 1. The van der Waals surface area contributed by atoms with E-state index in [9.17, 15) is 9.18 Å². The van der Waals surface area contributed by atoms with Gasteiger partial charge < -0.3 is 10.1 Å². The maximum absolute atomic E-state index is 11.7. The smallest absolute Gasteiger partial charge is 0.353 e. The van der Waals surface area contributed by atoms with Crippen molar-refractivity contribution in [2.24, 2.45) is 0 Å². The Bertz CT molecular complexity index is 246. The number of nitrogens with zero attached hydrogens (tertiary/aromatic N) is 1. The molecule has 54 valence electrons. The number of hydrogen-bond acceptors (Lipinski definition) is 2. The Hall–Kier alpha value is -1.39. The van der Waals surface area contributed by atoms with Gasteiger partial charge in [-0.1, -0.05) is 0 Å². The number of alkyl halides is 1. The summed E-state index contributed by atoms with van der Waals surface area (Å²) < 4.78 is 11.7. The molecule has 1 aromatic rings. The maximum Gasteiger partial charge on any atom is 0.353 e. The van der Waals surface area contributed by atoms with Crippen LogP contribution in [0.15, 0.2) is 6.20 Å². The Morgan fingerprint density at radius 1 is 1.90 bits per heavy atom. The molecule has 0 aliphatic heterocycles. The minimum Gasteiger partial charge on any atom is -0.477 e. The lowest BCUT2D eigenvalue weighted by Gasteiger charge is -1.83. The molecular formula is C5H5FN2O2. The molecule has 10 heavy (non-hydrogen) atoms. The predicted molar refractivity (Wildman–Crippen MR) is 30.4 cm³/mol. The van der Waals surface area contributed by atoms with Crippen LogP contribution in [0.3, 0.4) is 0 Å². The highest BCUT2D eigenvalue weighted by Crippen LogP contribution is 1.97. The van der Waals surface area contributed by atoms with Crippen molar-refractivity contribution in [3.05, 3.63) is 17.7 Å². The van der Waals surface area contributed by atoms with Gasteiger partial charge in [0.25, 0.3) is 0 Å². The second-order valence-electron chi connectivity index (χ2n) is 1.68. The summed E-state index contributed by atoms with van der Waals surface area (Å²) >= 11 is 0. The van der Waals surface area contributed by atoms with Gasteiger partial charge in [-0.2, -0.15) is 0 Å². The molecule has 5 heteroatoms. The lowest BCUT2D eigenvalue weighted by Crippen LogP contribution is -1.95. The maximum atomic E-state index is 11.7. The summed E-state index contributed by atoms with van der Waals surface area (Å²) in [6.07, 6.45) is 1.08. The Morgan fingerprint density at radius 2 is 2.60 bits per heavy atom. The molecule has 1 rings (SSSR count). The van der Waals surface area contributed by atoms with Gasteiger partial charge in [0.1, 0.15) is 18.2 Å². The van der Waals surface area contributed by atoms with E-state index in [-0.39, 0.29) is 11.5 Å². The summed E-state index contributed by atoms with van der Waals surface area (Å²) in [5.41, 5.74) is -0.0901. The third kappa shape index (κ3) is 1.12. The van der Waals surface area contributed by atoms with Crippen LogP contribution in [0.2, 0.25) is 0 Å². The van der Waals surface area contributed by atoms with Crippen LogP contribution in [0.5, 0.6) is 0 Å². The first-order valence-corrected chi connectivity index (χ1v) is 2.57. The van der Waals surface area contributed by atoms with Crippen LogP contribution >= 0.6 is 0 Å². The van der Waals surface area contributed by atoms with Crippen LogP contribution < -0.4 is 0 Å². The molecule has 0 atom stereocenters. The summed E-state index contributed by atoms with van der Waals surface area (Å²) in [5, 5.41) is 8.30. The second-order valence-corrected chi connectivity index (χ2v) is 1.68. The zero-order valence-electron chi connectivity index (χ0n) is 4.97. The number of rotatable bonds is 2. The number of aromatic nitrogens is 2. The van der Waals surface area contributed by atoms with Crippen LogP contribution in [0.4, 0.5) is 4.39 Å². The predicted octanol–water partition coefficient (Wildman–Crippen LogP) is 0.577. The normalized spacial score (nSPS) is 9.70. The van der Waals surface area contributed by atoms with E-state index in [1.165, 1.54) is 0 Å². The summed E-state index contributed by atoms with van der Waals surface area (Å²) in [4.78, 5) is 15.9. The zero-order chi connectivity index (χ0) is 7.56. The average molecular weight is 144 g/mol. The fourth-order valence-corrected chi connectivity index (χ4v) is 0.539. The monoisotopic (exact) mass is 144 g/mol. The van der Waals surface area contributed by atoms with Crippen molar-refractivity contribution in [1.29, 1.82) is 0 Å². The number of H-pyrrole nitrogens is 1. The van der Waals surface area contributed by atoms with E-state index in [2.05, 4.69) is 9.97 Å². The summed E-state index contributed by atoms with van der Waals surface area (Å²) in [6.45, 7) is -0.771. The average Bonchev–Trinajstić information content (AvgIpc) is 2.34. The van der Waals surface area contributed by atoms with Crippen LogP contribution in [0.1, 0.15) is 16.3 Å². The SMILES string of the molecule is O=C(O)c1cnc(CF)[nH]1. The van der Waals surface area contributed by atoms with Gasteiger partial charge in [0.05, 0.1) is 6.20 Å². The van der Waals surface area contributed by atoms with Crippen molar-refractivity contribution in [2.45, 2.75) is 6.67 Å². The summed E-state index contributed by atoms with van der Waals surface area (Å²) in [6, 6.07) is 0. The van der Waals surface area contributed by atoms with Gasteiger partial charge in [-0.3, -0.25) is 0 Å². The van der Waals surface area contributed by atoms with E-state index >= 15 is 0 Å². The highest BCUT2D eigenvalue weighted by Gasteiger charge is 2.05. The molecule has 0 aromatic carbocycles. The lowest BCUT2D eigenvalue weighted by atomic mass is 10.5. The summed E-state index contributed by atoms with van der Waals surface area (Å²) in [7, 11) is 0. The van der Waals surface area contributed by atoms with Crippen LogP contribution in [0.25, 0.3) is 0 Å². The number of carboxylic acids is 1. The molecule has 0 saturated carbocycles. The fourth-order valence-electron chi connectivity index (χ4n) is 0.539. The molecule has 0 amide bonds. The molecule has 0 fully saturated rings. The Morgan fingerprint density at radius 3 is 2.90 bits per heavy atom. The highest BCUT2D eigenvalue weighted by molar-refractivity contribution is 5.84. The van der Waals surface area contributed by atoms with Crippen molar-refractivity contribution in [3.8, 4) is 0 Å². The van der Waals surface area contributed by atoms with E-state index < -0.39 is 12.6 Å². The second kappa shape index (κ2) is 2.47. The molecule has 0 aliphatic rings. The minimum atomic E-state index is -1.13. The number of aromatic amines is 1. The van der Waals surface area contributed by atoms with Crippen molar-refractivity contribution >= 4 is 5.97 Å². The number of halogens is 1. The number of nitrogens with one attached hydrogen (secondary N) is 1. The third-order valence-electron chi connectivity index (χ3n) is 0.985. The first kappa shape index (κ1) is 6.73. The Balaban J connectivity index is 2.88. The van der Waals surface area contributed by atoms with Crippen LogP contribution in [-0.2, 0) is 6.67 Å². The van der Waals surface area contributed by atoms with Gasteiger partial charge in [0, 0.05) is 0 Å². The van der Waals surface area contributed by atoms with E-state index in [4.69, 9.17) is 5.11 Å². The summed E-state index contributed by atoms with van der Waals surface area (Å²) in [5.74, 6) is -1.09. The van der Waals surface area contributed by atoms with Gasteiger partial charge in [-0.15, -0.1) is 0 Å². The first-order valence-electron chi connectivity index (χ1n) is 2.57. The first-order chi connectivity index (χ1) is 4.74. The number of hydrogen-bond donors (Lipinski definition) is 2. The standard InChI is InChI=1S/C5H5FN2O2/c6-1-4-7-2-3(8-4)5(9)10/h2H,1H2,(H,7,8)(H,9,10). The molecule has 1 heterocycles. The molecule has 0 aliphatic carbocycles. The van der Waals surface area contributed by atoms with Gasteiger partial charge >= 0.3 is 5.97 Å². The number of imidazole rings is 1. The molecule has 0 radical (unpaired) electrons. The van der Waals surface area contributed by atoms with Gasteiger partial charge in [0.2, 0.25) is 0 Å². The number of carboxylic acid groups (broad SMARTS) is 1. The molecule has 4 nitrogen and oxygen atoms in total. The van der Waals surface area contributed by atoms with E-state index in [1.54, 1.807) is 0 Å². The Labute approximate surface area is 55.7 Å². The van der Waals surface area contributed by atoms with E-state index in [0.29, 0.717) is 0 Å². The Kier molecular flexibility index (Phi) is 1.66. The van der Waals surface area contributed by atoms with E-state index in [1.807, 2.05) is 0 Å². The highest BCUT2D eigenvalue weighted by atomic mass is 19.1. The molecule has 1 aromatic heterocycles. The van der Waals surface area contributed by atoms with E-state index in [0.717, 1.165) is 6.20 Å². The van der Waals surface area contributed by atoms with Crippen molar-refractivity contribution in [3.63, 3.8) is 0 Å². The molecular weight excluding hydrogens is 139 g/mol. The van der Waals surface area contributed by atoms with Gasteiger partial charge in [-0.25, -0.2) is 14.2 Å². The molecule has 0 spiro atoms. The third-order valence-corrected chi connectivity index (χ3v) is 0.985. The van der Waals surface area contributed by atoms with Gasteiger partial charge in [0.15, 0.2) is 0 Å². The molecule has 0 bridgehead atoms. The van der Waals surface area contributed by atoms with Crippen molar-refractivity contribution in [1.82, 2.24) is 9.97 Å². The molecule has 0 unspecified atom stereocenters. The zero-order valence-corrected chi connectivity index (χ0v) is 4.97. The lowest BCUT2D eigenvalue weighted by molar-refractivity contribution is 0.0691. The van der Waals surface area contributed by atoms with Crippen LogP contribution in [0, 0.1) is 0 Å². The van der Waals surface area contributed by atoms with Crippen molar-refractivity contribution < 1.29 is 14.3 Å². The van der Waals surface area contributed by atoms with Crippen molar-refractivity contribution in [2.75, 3.05) is 0 Å². The van der Waals surface area contributed by atoms with Crippen LogP contribution in [-0.4, -0.2) is 21.0 Å². The molecule has 2 N–H and O–H groups in total. The largest absolute Gasteiger partial charge is 0.477 e. The number of carbonyl (C=O) groups is 1. The topological polar surface area (TPSA) is 66.0 Å². The fraction of sp³-hybridized carbons (Fsp3) is 0.200. The minimum absolute atomic E-state index is 0.0393.